The van der Waals surface area contributed by atoms with Crippen LogP contribution < -0.4 is 10.6 Å². The molecule has 18 heavy (non-hydrogen) atoms. The fraction of sp³-hybridized carbons (Fsp3) is 0.833. The van der Waals surface area contributed by atoms with E-state index in [1.807, 2.05) is 20.8 Å². The second kappa shape index (κ2) is 6.43. The highest BCUT2D eigenvalue weighted by Gasteiger charge is 2.27. The number of carboxylic acids is 1. The minimum atomic E-state index is -0.848. The zero-order valence-corrected chi connectivity index (χ0v) is 12.0. The molecule has 2 unspecified atom stereocenters. The lowest BCUT2D eigenvalue weighted by molar-refractivity contribution is -0.142. The van der Waals surface area contributed by atoms with E-state index in [2.05, 4.69) is 10.6 Å². The predicted molar refractivity (Wildman–Crippen MR) is 72.5 cm³/mol. The number of aliphatic carboxylic acids is 1. The van der Waals surface area contributed by atoms with Gasteiger partial charge in [0.1, 0.15) is 0 Å². The molecule has 3 N–H and O–H groups in total. The summed E-state index contributed by atoms with van der Waals surface area (Å²) in [5.74, 6) is 0.0628. The van der Waals surface area contributed by atoms with E-state index in [9.17, 15) is 9.59 Å². The number of carbonyl (C=O) groups excluding carboxylic acids is 1. The first kappa shape index (κ1) is 15.3. The third kappa shape index (κ3) is 5.27. The average Bonchev–Trinajstić information content (AvgIpc) is 2.75. The maximum Gasteiger partial charge on any atom is 0.308 e. The van der Waals surface area contributed by atoms with Crippen LogP contribution in [0.15, 0.2) is 0 Å². The van der Waals surface area contributed by atoms with Gasteiger partial charge in [-0.05, 0) is 11.8 Å². The number of carbonyl (C=O) groups is 2. The fourth-order valence-corrected chi connectivity index (χ4v) is 2.84. The van der Waals surface area contributed by atoms with Gasteiger partial charge in [0, 0.05) is 18.2 Å². The topological polar surface area (TPSA) is 78.4 Å². The van der Waals surface area contributed by atoms with Crippen molar-refractivity contribution in [3.8, 4) is 0 Å². The highest BCUT2D eigenvalue weighted by atomic mass is 32.2. The van der Waals surface area contributed by atoms with E-state index in [0.29, 0.717) is 6.42 Å². The van der Waals surface area contributed by atoms with Crippen LogP contribution in [0.2, 0.25) is 0 Å². The fourth-order valence-electron chi connectivity index (χ4n) is 1.90. The first-order valence-corrected chi connectivity index (χ1v) is 7.27. The van der Waals surface area contributed by atoms with Gasteiger partial charge < -0.3 is 10.4 Å². The normalized spacial score (nSPS) is 21.6. The number of hydrogen-bond acceptors (Lipinski definition) is 4. The second-order valence-corrected chi connectivity index (χ2v) is 6.85. The van der Waals surface area contributed by atoms with Crippen LogP contribution in [0.3, 0.4) is 0 Å². The lowest BCUT2D eigenvalue weighted by atomic mass is 9.84. The Morgan fingerprint density at radius 1 is 1.50 bits per heavy atom. The molecule has 0 saturated carbocycles. The molecule has 1 aliphatic rings. The number of hydrogen-bond donors (Lipinski definition) is 3. The molecule has 1 aliphatic heterocycles. The Balaban J connectivity index is 2.42. The van der Waals surface area contributed by atoms with Gasteiger partial charge in [-0.2, -0.15) is 0 Å². The highest BCUT2D eigenvalue weighted by Crippen LogP contribution is 2.24. The zero-order chi connectivity index (χ0) is 13.8. The molecule has 0 aliphatic carbocycles. The van der Waals surface area contributed by atoms with Crippen molar-refractivity contribution in [1.29, 1.82) is 0 Å². The van der Waals surface area contributed by atoms with E-state index in [1.165, 1.54) is 0 Å². The summed E-state index contributed by atoms with van der Waals surface area (Å²) < 4.78 is 0. The van der Waals surface area contributed by atoms with Crippen LogP contribution in [0.25, 0.3) is 0 Å². The number of carboxylic acid groups (broad SMARTS) is 1. The van der Waals surface area contributed by atoms with Gasteiger partial charge in [-0.3, -0.25) is 14.9 Å². The summed E-state index contributed by atoms with van der Waals surface area (Å²) in [4.78, 5) is 22.9. The Labute approximate surface area is 112 Å². The first-order valence-electron chi connectivity index (χ1n) is 6.11. The zero-order valence-electron chi connectivity index (χ0n) is 11.2. The summed E-state index contributed by atoms with van der Waals surface area (Å²) in [6, 6.07) is -0.181. The molecule has 0 spiro atoms. The molecular weight excluding hydrogens is 252 g/mol. The standard InChI is InChI=1S/C12H22N2O3S/c1-12(2,3)4-8(11(16)17)5-13-10(15)9-6-18-7-14-9/h8-9,14H,4-7H2,1-3H3,(H,13,15)(H,16,17). The minimum Gasteiger partial charge on any atom is -0.481 e. The van der Waals surface area contributed by atoms with Gasteiger partial charge in [-0.15, -0.1) is 11.8 Å². The summed E-state index contributed by atoms with van der Waals surface area (Å²) in [5.41, 5.74) is -0.0603. The molecular formula is C12H22N2O3S. The van der Waals surface area contributed by atoms with Crippen molar-refractivity contribution in [3.63, 3.8) is 0 Å². The summed E-state index contributed by atoms with van der Waals surface area (Å²) in [7, 11) is 0. The molecule has 104 valence electrons. The van der Waals surface area contributed by atoms with Gasteiger partial charge in [-0.1, -0.05) is 20.8 Å². The van der Waals surface area contributed by atoms with Crippen molar-refractivity contribution in [2.24, 2.45) is 11.3 Å². The maximum atomic E-state index is 11.8. The molecule has 1 saturated heterocycles. The molecule has 6 heteroatoms. The van der Waals surface area contributed by atoms with Crippen molar-refractivity contribution in [2.75, 3.05) is 18.2 Å². The predicted octanol–water partition coefficient (Wildman–Crippen LogP) is 0.902. The van der Waals surface area contributed by atoms with Gasteiger partial charge in [0.15, 0.2) is 0 Å². The maximum absolute atomic E-state index is 11.8. The van der Waals surface area contributed by atoms with Crippen LogP contribution in [0.5, 0.6) is 0 Å². The van der Waals surface area contributed by atoms with Crippen LogP contribution in [0.4, 0.5) is 0 Å². The summed E-state index contributed by atoms with van der Waals surface area (Å²) >= 11 is 1.67. The van der Waals surface area contributed by atoms with Crippen LogP contribution in [0, 0.1) is 11.3 Å². The highest BCUT2D eigenvalue weighted by molar-refractivity contribution is 7.99. The molecule has 0 radical (unpaired) electrons. The minimum absolute atomic E-state index is 0.0603. The molecule has 1 rings (SSSR count). The molecule has 0 aromatic heterocycles. The Morgan fingerprint density at radius 2 is 2.17 bits per heavy atom. The van der Waals surface area contributed by atoms with E-state index in [0.717, 1.165) is 11.6 Å². The number of thioether (sulfide) groups is 1. The first-order chi connectivity index (χ1) is 8.29. The van der Waals surface area contributed by atoms with E-state index in [4.69, 9.17) is 5.11 Å². The summed E-state index contributed by atoms with van der Waals surface area (Å²) in [6.45, 7) is 6.20. The molecule has 5 nitrogen and oxygen atoms in total. The van der Waals surface area contributed by atoms with E-state index < -0.39 is 11.9 Å². The van der Waals surface area contributed by atoms with Crippen molar-refractivity contribution in [3.05, 3.63) is 0 Å². The van der Waals surface area contributed by atoms with E-state index in [-0.39, 0.29) is 23.9 Å². The molecule has 0 bridgehead atoms. The Morgan fingerprint density at radius 3 is 2.61 bits per heavy atom. The number of rotatable bonds is 5. The van der Waals surface area contributed by atoms with Gasteiger partial charge in [0.05, 0.1) is 12.0 Å². The molecule has 1 fully saturated rings. The van der Waals surface area contributed by atoms with Crippen molar-refractivity contribution in [2.45, 2.75) is 33.2 Å². The Kier molecular flexibility index (Phi) is 5.47. The molecule has 0 aromatic carbocycles. The summed E-state index contributed by atoms with van der Waals surface area (Å²) in [5, 5.41) is 14.9. The third-order valence-electron chi connectivity index (χ3n) is 2.76. The molecule has 1 amide bonds. The van der Waals surface area contributed by atoms with E-state index in [1.54, 1.807) is 11.8 Å². The largest absolute Gasteiger partial charge is 0.481 e. The van der Waals surface area contributed by atoms with Crippen LogP contribution in [-0.2, 0) is 9.59 Å². The number of amides is 1. The van der Waals surface area contributed by atoms with Crippen LogP contribution in [0.1, 0.15) is 27.2 Å². The van der Waals surface area contributed by atoms with Crippen molar-refractivity contribution >= 4 is 23.6 Å². The number of nitrogens with one attached hydrogen (secondary N) is 2. The average molecular weight is 274 g/mol. The van der Waals surface area contributed by atoms with Crippen LogP contribution >= 0.6 is 11.8 Å². The van der Waals surface area contributed by atoms with Gasteiger partial charge >= 0.3 is 5.97 Å². The van der Waals surface area contributed by atoms with Crippen molar-refractivity contribution in [1.82, 2.24) is 10.6 Å². The van der Waals surface area contributed by atoms with E-state index >= 15 is 0 Å². The quantitative estimate of drug-likeness (QED) is 0.694. The van der Waals surface area contributed by atoms with Gasteiger partial charge in [-0.25, -0.2) is 0 Å². The molecule has 1 heterocycles. The Bertz CT molecular complexity index is 309. The van der Waals surface area contributed by atoms with Crippen LogP contribution in [-0.4, -0.2) is 41.2 Å². The SMILES string of the molecule is CC(C)(C)CC(CNC(=O)C1CSCN1)C(=O)O. The monoisotopic (exact) mass is 274 g/mol. The third-order valence-corrected chi connectivity index (χ3v) is 3.70. The second-order valence-electron chi connectivity index (χ2n) is 5.82. The smallest absolute Gasteiger partial charge is 0.308 e. The Hall–Kier alpha value is -0.750. The van der Waals surface area contributed by atoms with Gasteiger partial charge in [0.2, 0.25) is 5.91 Å². The molecule has 0 aromatic rings. The van der Waals surface area contributed by atoms with Gasteiger partial charge in [0.25, 0.3) is 0 Å². The van der Waals surface area contributed by atoms with Crippen molar-refractivity contribution < 1.29 is 14.7 Å². The lowest BCUT2D eigenvalue weighted by Crippen LogP contribution is -2.45. The lowest BCUT2D eigenvalue weighted by Gasteiger charge is -2.23. The molecule has 2 atom stereocenters. The summed E-state index contributed by atoms with van der Waals surface area (Å²) in [6.07, 6.45) is 0.551.